The second-order valence-corrected chi connectivity index (χ2v) is 5.14. The average Bonchev–Trinajstić information content (AvgIpc) is 2.48. The lowest BCUT2D eigenvalue weighted by atomic mass is 10.2. The quantitative estimate of drug-likeness (QED) is 0.838. The first-order chi connectivity index (χ1) is 10.5. The maximum absolute atomic E-state index is 13.5. The lowest BCUT2D eigenvalue weighted by Crippen LogP contribution is -2.21. The van der Waals surface area contributed by atoms with Gasteiger partial charge in [-0.2, -0.15) is 0 Å². The number of nitrogens with one attached hydrogen (secondary N) is 1. The Morgan fingerprint density at radius 3 is 2.50 bits per heavy atom. The molecule has 0 unspecified atom stereocenters. The first-order valence-corrected chi connectivity index (χ1v) is 6.93. The third-order valence-corrected chi connectivity index (χ3v) is 3.13. The molecule has 2 aromatic carbocycles. The van der Waals surface area contributed by atoms with Crippen molar-refractivity contribution in [3.63, 3.8) is 0 Å². The molecular formula is C15H10BrF2NO3. The number of carbonyl (C=O) groups is 2. The van der Waals surface area contributed by atoms with E-state index in [2.05, 4.69) is 26.0 Å². The van der Waals surface area contributed by atoms with Crippen LogP contribution in [-0.4, -0.2) is 18.5 Å². The fraction of sp³-hybridized carbons (Fsp3) is 0.0667. The second-order valence-electron chi connectivity index (χ2n) is 4.23. The highest BCUT2D eigenvalue weighted by Gasteiger charge is 2.15. The zero-order valence-corrected chi connectivity index (χ0v) is 12.7. The molecule has 1 N–H and O–H groups in total. The maximum Gasteiger partial charge on any atom is 0.341 e. The Balaban J connectivity index is 1.93. The van der Waals surface area contributed by atoms with Crippen molar-refractivity contribution < 1.29 is 23.1 Å². The molecule has 1 amide bonds. The van der Waals surface area contributed by atoms with Gasteiger partial charge in [0, 0.05) is 4.47 Å². The molecule has 0 bridgehead atoms. The minimum Gasteiger partial charge on any atom is -0.452 e. The Labute approximate surface area is 133 Å². The van der Waals surface area contributed by atoms with Crippen LogP contribution in [0.25, 0.3) is 0 Å². The van der Waals surface area contributed by atoms with Crippen LogP contribution in [0.15, 0.2) is 46.9 Å². The second kappa shape index (κ2) is 7.13. The summed E-state index contributed by atoms with van der Waals surface area (Å²) in [5.41, 5.74) is -0.319. The summed E-state index contributed by atoms with van der Waals surface area (Å²) in [7, 11) is 0. The lowest BCUT2D eigenvalue weighted by molar-refractivity contribution is -0.119. The van der Waals surface area contributed by atoms with Crippen LogP contribution in [0.3, 0.4) is 0 Å². The van der Waals surface area contributed by atoms with E-state index < -0.39 is 30.1 Å². The molecule has 22 heavy (non-hydrogen) atoms. The first-order valence-electron chi connectivity index (χ1n) is 6.14. The Kier molecular flexibility index (Phi) is 5.21. The number of carbonyl (C=O) groups excluding carboxylic acids is 2. The summed E-state index contributed by atoms with van der Waals surface area (Å²) in [5.74, 6) is -3.08. The van der Waals surface area contributed by atoms with Crippen LogP contribution in [0, 0.1) is 11.6 Å². The van der Waals surface area contributed by atoms with Crippen molar-refractivity contribution in [2.45, 2.75) is 0 Å². The summed E-state index contributed by atoms with van der Waals surface area (Å²) < 4.78 is 32.1. The fourth-order valence-electron chi connectivity index (χ4n) is 1.61. The van der Waals surface area contributed by atoms with Gasteiger partial charge >= 0.3 is 5.97 Å². The molecule has 0 aliphatic carbocycles. The van der Waals surface area contributed by atoms with Crippen molar-refractivity contribution in [1.29, 1.82) is 0 Å². The molecule has 2 rings (SSSR count). The number of esters is 1. The van der Waals surface area contributed by atoms with E-state index in [-0.39, 0.29) is 11.3 Å². The van der Waals surface area contributed by atoms with Crippen LogP contribution >= 0.6 is 15.9 Å². The van der Waals surface area contributed by atoms with Gasteiger partial charge in [0.2, 0.25) is 0 Å². The zero-order valence-electron chi connectivity index (χ0n) is 11.1. The highest BCUT2D eigenvalue weighted by Crippen LogP contribution is 2.19. The number of hydrogen-bond acceptors (Lipinski definition) is 3. The largest absolute Gasteiger partial charge is 0.452 e. The Morgan fingerprint density at radius 2 is 1.82 bits per heavy atom. The molecule has 0 saturated carbocycles. The first kappa shape index (κ1) is 16.1. The fourth-order valence-corrected chi connectivity index (χ4v) is 1.95. The normalized spacial score (nSPS) is 10.1. The molecule has 0 fully saturated rings. The molecule has 7 heteroatoms. The Morgan fingerprint density at radius 1 is 1.09 bits per heavy atom. The van der Waals surface area contributed by atoms with Gasteiger partial charge in [-0.15, -0.1) is 0 Å². The topological polar surface area (TPSA) is 55.4 Å². The minimum absolute atomic E-state index is 0.0462. The van der Waals surface area contributed by atoms with Crippen LogP contribution in [0.5, 0.6) is 0 Å². The lowest BCUT2D eigenvalue weighted by Gasteiger charge is -2.08. The van der Waals surface area contributed by atoms with Crippen molar-refractivity contribution in [3.8, 4) is 0 Å². The van der Waals surface area contributed by atoms with Gasteiger partial charge in [-0.3, -0.25) is 4.79 Å². The van der Waals surface area contributed by atoms with Crippen LogP contribution < -0.4 is 5.32 Å². The monoisotopic (exact) mass is 369 g/mol. The van der Waals surface area contributed by atoms with E-state index in [0.717, 1.165) is 6.07 Å². The Hall–Kier alpha value is -2.28. The molecule has 0 atom stereocenters. The number of halogens is 3. The highest BCUT2D eigenvalue weighted by molar-refractivity contribution is 9.10. The smallest absolute Gasteiger partial charge is 0.341 e. The van der Waals surface area contributed by atoms with Crippen molar-refractivity contribution in [2.75, 3.05) is 11.9 Å². The van der Waals surface area contributed by atoms with Crippen LogP contribution in [0.1, 0.15) is 10.4 Å². The van der Waals surface area contributed by atoms with Gasteiger partial charge in [-0.1, -0.05) is 28.1 Å². The molecule has 2 aromatic rings. The van der Waals surface area contributed by atoms with Crippen molar-refractivity contribution in [2.24, 2.45) is 0 Å². The SMILES string of the molecule is O=C(COC(=O)c1ccccc1F)Nc1ccc(Br)cc1F. The maximum atomic E-state index is 13.5. The minimum atomic E-state index is -0.968. The van der Waals surface area contributed by atoms with Gasteiger partial charge < -0.3 is 10.1 Å². The molecule has 4 nitrogen and oxygen atoms in total. The van der Waals surface area contributed by atoms with Crippen LogP contribution in [-0.2, 0) is 9.53 Å². The van der Waals surface area contributed by atoms with E-state index in [9.17, 15) is 18.4 Å². The molecule has 0 heterocycles. The number of hydrogen-bond donors (Lipinski definition) is 1. The molecular weight excluding hydrogens is 360 g/mol. The summed E-state index contributed by atoms with van der Waals surface area (Å²) >= 11 is 3.09. The molecule has 0 spiro atoms. The van der Waals surface area contributed by atoms with Gasteiger partial charge in [0.1, 0.15) is 11.6 Å². The molecule has 0 aliphatic heterocycles. The number of ether oxygens (including phenoxy) is 1. The molecule has 0 radical (unpaired) electrons. The number of benzene rings is 2. The molecule has 0 aliphatic rings. The third-order valence-electron chi connectivity index (χ3n) is 2.63. The average molecular weight is 370 g/mol. The summed E-state index contributed by atoms with van der Waals surface area (Å²) in [5, 5.41) is 2.25. The van der Waals surface area contributed by atoms with Gasteiger partial charge in [-0.25, -0.2) is 13.6 Å². The summed E-state index contributed by atoms with van der Waals surface area (Å²) in [6.45, 7) is -0.650. The number of amides is 1. The van der Waals surface area contributed by atoms with Crippen molar-refractivity contribution in [3.05, 3.63) is 64.1 Å². The highest BCUT2D eigenvalue weighted by atomic mass is 79.9. The van der Waals surface area contributed by atoms with Gasteiger partial charge in [0.25, 0.3) is 5.91 Å². The number of anilines is 1. The van der Waals surface area contributed by atoms with Gasteiger partial charge in [0.05, 0.1) is 11.3 Å². The van der Waals surface area contributed by atoms with Crippen LogP contribution in [0.2, 0.25) is 0 Å². The predicted molar refractivity (Wildman–Crippen MR) is 79.4 cm³/mol. The van der Waals surface area contributed by atoms with Crippen molar-refractivity contribution >= 4 is 33.5 Å². The van der Waals surface area contributed by atoms with Crippen molar-refractivity contribution in [1.82, 2.24) is 0 Å². The Bertz CT molecular complexity index is 722. The predicted octanol–water partition coefficient (Wildman–Crippen LogP) is 3.52. The third kappa shape index (κ3) is 4.11. The summed E-state index contributed by atoms with van der Waals surface area (Å²) in [6.07, 6.45) is 0. The van der Waals surface area contributed by atoms with Crippen LogP contribution in [0.4, 0.5) is 14.5 Å². The summed E-state index contributed by atoms with van der Waals surface area (Å²) in [4.78, 5) is 23.2. The van der Waals surface area contributed by atoms with Gasteiger partial charge in [-0.05, 0) is 30.3 Å². The molecule has 114 valence electrons. The molecule has 0 aromatic heterocycles. The van der Waals surface area contributed by atoms with E-state index in [0.29, 0.717) is 4.47 Å². The van der Waals surface area contributed by atoms with Gasteiger partial charge in [0.15, 0.2) is 6.61 Å². The standard InChI is InChI=1S/C15H10BrF2NO3/c16-9-5-6-13(12(18)7-9)19-14(20)8-22-15(21)10-3-1-2-4-11(10)17/h1-7H,8H2,(H,19,20). The zero-order chi connectivity index (χ0) is 16.1. The van der Waals surface area contributed by atoms with E-state index in [4.69, 9.17) is 0 Å². The number of rotatable bonds is 4. The van der Waals surface area contributed by atoms with E-state index in [1.54, 1.807) is 6.07 Å². The van der Waals surface area contributed by atoms with E-state index in [1.165, 1.54) is 30.3 Å². The summed E-state index contributed by atoms with van der Waals surface area (Å²) in [6, 6.07) is 9.32. The molecule has 0 saturated heterocycles. The van der Waals surface area contributed by atoms with E-state index in [1.807, 2.05) is 0 Å². The van der Waals surface area contributed by atoms with E-state index >= 15 is 0 Å².